The summed E-state index contributed by atoms with van der Waals surface area (Å²) >= 11 is 7.57. The summed E-state index contributed by atoms with van der Waals surface area (Å²) in [5.74, 6) is 0. The zero-order chi connectivity index (χ0) is 10.9. The summed E-state index contributed by atoms with van der Waals surface area (Å²) in [4.78, 5) is 0.155. The van der Waals surface area contributed by atoms with Crippen molar-refractivity contribution < 1.29 is 8.76 Å². The highest BCUT2D eigenvalue weighted by atomic mass is 80.0. The summed E-state index contributed by atoms with van der Waals surface area (Å²) in [6, 6.07) is 4.57. The molecule has 1 unspecified atom stereocenters. The van der Waals surface area contributed by atoms with Crippen molar-refractivity contribution in [1.82, 2.24) is 0 Å². The van der Waals surface area contributed by atoms with Crippen molar-refractivity contribution in [2.75, 3.05) is 5.73 Å². The first-order chi connectivity index (χ1) is 6.30. The third-order valence-electron chi connectivity index (χ3n) is 1.45. The summed E-state index contributed by atoms with van der Waals surface area (Å²) in [6.07, 6.45) is 0. The van der Waals surface area contributed by atoms with Crippen molar-refractivity contribution in [3.05, 3.63) is 23.8 Å². The van der Waals surface area contributed by atoms with Crippen LogP contribution in [-0.2, 0) is 13.2 Å². The summed E-state index contributed by atoms with van der Waals surface area (Å²) in [5, 5.41) is 0. The zero-order valence-electron chi connectivity index (χ0n) is 6.67. The number of nitrogens with two attached hydrogens (primary N) is 1. The van der Waals surface area contributed by atoms with E-state index in [-0.39, 0.29) is 4.90 Å². The quantitative estimate of drug-likeness (QED) is 0.443. The molecule has 0 amide bonds. The van der Waals surface area contributed by atoms with Crippen molar-refractivity contribution in [2.24, 2.45) is 0 Å². The molecule has 1 aromatic rings. The smallest absolute Gasteiger partial charge is 0.159 e. The maximum atomic E-state index is 10.7. The van der Waals surface area contributed by atoms with E-state index in [0.717, 1.165) is 0 Å². The molecule has 0 saturated heterocycles. The standard InChI is InChI=1S/C7H6Br3NO2S/c8-7(9,10)4-1-5(11)3-6(2-4)14(12)13/h1-3H,11H2,(H,12,13)/p-1. The fraction of sp³-hybridized carbons (Fsp3) is 0.143. The van der Waals surface area contributed by atoms with Crippen molar-refractivity contribution in [3.8, 4) is 0 Å². The van der Waals surface area contributed by atoms with Gasteiger partial charge in [0.2, 0.25) is 0 Å². The molecule has 3 nitrogen and oxygen atoms in total. The molecule has 2 N–H and O–H groups in total. The third kappa shape index (κ3) is 3.30. The monoisotopic (exact) mass is 404 g/mol. The molecule has 14 heavy (non-hydrogen) atoms. The van der Waals surface area contributed by atoms with Gasteiger partial charge >= 0.3 is 0 Å². The number of nitrogen functional groups attached to an aromatic ring is 1. The van der Waals surface area contributed by atoms with Crippen molar-refractivity contribution in [3.63, 3.8) is 0 Å². The van der Waals surface area contributed by atoms with E-state index in [1.807, 2.05) is 0 Å². The lowest BCUT2D eigenvalue weighted by Crippen LogP contribution is -2.02. The van der Waals surface area contributed by atoms with E-state index in [2.05, 4.69) is 47.8 Å². The summed E-state index contributed by atoms with van der Waals surface area (Å²) in [6.45, 7) is 0. The molecule has 0 fully saturated rings. The van der Waals surface area contributed by atoms with Gasteiger partial charge in [-0.05, 0) is 34.8 Å². The Labute approximate surface area is 109 Å². The van der Waals surface area contributed by atoms with Crippen LogP contribution in [0.4, 0.5) is 5.69 Å². The van der Waals surface area contributed by atoms with Crippen LogP contribution in [0.3, 0.4) is 0 Å². The molecule has 78 valence electrons. The normalized spacial score (nSPS) is 14.0. The molecule has 1 atom stereocenters. The van der Waals surface area contributed by atoms with Crippen LogP contribution in [0.1, 0.15) is 5.56 Å². The van der Waals surface area contributed by atoms with Crippen molar-refractivity contribution in [1.29, 1.82) is 0 Å². The minimum atomic E-state index is -2.28. The molecular formula is C7H5Br3NO2S-. The Morgan fingerprint density at radius 3 is 2.29 bits per heavy atom. The van der Waals surface area contributed by atoms with Crippen LogP contribution in [0.15, 0.2) is 23.1 Å². The van der Waals surface area contributed by atoms with E-state index in [1.165, 1.54) is 12.1 Å². The second-order valence-electron chi connectivity index (χ2n) is 2.52. The second kappa shape index (κ2) is 4.61. The van der Waals surface area contributed by atoms with E-state index in [0.29, 0.717) is 11.3 Å². The van der Waals surface area contributed by atoms with Crippen LogP contribution >= 0.6 is 47.8 Å². The molecule has 1 aromatic carbocycles. The maximum Gasteiger partial charge on any atom is 0.159 e. The molecule has 0 heterocycles. The highest BCUT2D eigenvalue weighted by molar-refractivity contribution is 9.38. The molecule has 0 aliphatic rings. The highest BCUT2D eigenvalue weighted by Crippen LogP contribution is 2.45. The summed E-state index contributed by atoms with van der Waals surface area (Å²) < 4.78 is 20.8. The minimum absolute atomic E-state index is 0.155. The van der Waals surface area contributed by atoms with Crippen LogP contribution in [-0.4, -0.2) is 8.76 Å². The van der Waals surface area contributed by atoms with Gasteiger partial charge in [0.05, 0.1) is 0 Å². The van der Waals surface area contributed by atoms with Gasteiger partial charge < -0.3 is 10.3 Å². The number of alkyl halides is 3. The van der Waals surface area contributed by atoms with Gasteiger partial charge in [-0.3, -0.25) is 4.21 Å². The second-order valence-corrected chi connectivity index (χ2v) is 10.2. The lowest BCUT2D eigenvalue weighted by atomic mass is 10.2. The summed E-state index contributed by atoms with van der Waals surface area (Å²) in [7, 11) is 0. The Kier molecular flexibility index (Phi) is 4.16. The predicted molar refractivity (Wildman–Crippen MR) is 66.5 cm³/mol. The fourth-order valence-electron chi connectivity index (χ4n) is 0.882. The molecule has 0 aliphatic heterocycles. The summed E-state index contributed by atoms with van der Waals surface area (Å²) in [5.41, 5.74) is 6.63. The lowest BCUT2D eigenvalue weighted by molar-refractivity contribution is 0.537. The Hall–Kier alpha value is 0.570. The van der Waals surface area contributed by atoms with E-state index in [4.69, 9.17) is 5.73 Å². The highest BCUT2D eigenvalue weighted by Gasteiger charge is 2.21. The Bertz CT molecular complexity index is 378. The van der Waals surface area contributed by atoms with Crippen LogP contribution in [0, 0.1) is 0 Å². The first-order valence-electron chi connectivity index (χ1n) is 3.38. The Morgan fingerprint density at radius 2 is 1.86 bits per heavy atom. The molecule has 1 rings (SSSR count). The van der Waals surface area contributed by atoms with Crippen molar-refractivity contribution in [2.45, 2.75) is 7.04 Å². The van der Waals surface area contributed by atoms with Gasteiger partial charge in [-0.1, -0.05) is 47.8 Å². The van der Waals surface area contributed by atoms with Gasteiger partial charge in [0.1, 0.15) is 0 Å². The van der Waals surface area contributed by atoms with Crippen LogP contribution in [0.25, 0.3) is 0 Å². The van der Waals surface area contributed by atoms with E-state index < -0.39 is 13.2 Å². The van der Waals surface area contributed by atoms with E-state index >= 15 is 0 Å². The average molecular weight is 407 g/mol. The predicted octanol–water partition coefficient (Wildman–Crippen LogP) is 2.80. The maximum absolute atomic E-state index is 10.7. The lowest BCUT2D eigenvalue weighted by Gasteiger charge is -2.15. The van der Waals surface area contributed by atoms with Gasteiger partial charge in [0.15, 0.2) is 2.14 Å². The van der Waals surface area contributed by atoms with Crippen LogP contribution < -0.4 is 5.73 Å². The number of hydrogen-bond acceptors (Lipinski definition) is 3. The number of hydrogen-bond donors (Lipinski definition) is 1. The molecule has 0 aromatic heterocycles. The van der Waals surface area contributed by atoms with E-state index in [9.17, 15) is 8.76 Å². The number of benzene rings is 1. The third-order valence-corrected chi connectivity index (χ3v) is 3.44. The minimum Gasteiger partial charge on any atom is -0.768 e. The molecule has 0 saturated carbocycles. The van der Waals surface area contributed by atoms with Crippen LogP contribution in [0.2, 0.25) is 0 Å². The Morgan fingerprint density at radius 1 is 1.29 bits per heavy atom. The fourth-order valence-corrected chi connectivity index (χ4v) is 2.02. The SMILES string of the molecule is Nc1cc(S(=O)[O-])cc(C(Br)(Br)Br)c1. The Balaban J connectivity index is 3.28. The molecule has 0 bridgehead atoms. The van der Waals surface area contributed by atoms with E-state index in [1.54, 1.807) is 6.07 Å². The average Bonchev–Trinajstić information content (AvgIpc) is 2.01. The first-order valence-corrected chi connectivity index (χ1v) is 6.83. The topological polar surface area (TPSA) is 66.2 Å². The van der Waals surface area contributed by atoms with Gasteiger partial charge in [-0.25, -0.2) is 0 Å². The number of rotatable bonds is 1. The van der Waals surface area contributed by atoms with Gasteiger partial charge in [0, 0.05) is 10.6 Å². The molecule has 0 radical (unpaired) electrons. The molecule has 7 heteroatoms. The number of anilines is 1. The molecular weight excluding hydrogens is 402 g/mol. The van der Waals surface area contributed by atoms with Gasteiger partial charge in [-0.2, -0.15) is 0 Å². The van der Waals surface area contributed by atoms with Crippen molar-refractivity contribution >= 4 is 64.6 Å². The molecule has 0 spiro atoms. The molecule has 0 aliphatic carbocycles. The first kappa shape index (κ1) is 12.6. The van der Waals surface area contributed by atoms with Gasteiger partial charge in [0.25, 0.3) is 0 Å². The van der Waals surface area contributed by atoms with Gasteiger partial charge in [-0.15, -0.1) is 0 Å². The number of halogens is 3. The zero-order valence-corrected chi connectivity index (χ0v) is 12.2. The largest absolute Gasteiger partial charge is 0.768 e. The van der Waals surface area contributed by atoms with Crippen LogP contribution in [0.5, 0.6) is 0 Å².